The lowest BCUT2D eigenvalue weighted by Gasteiger charge is -2.04. The topological polar surface area (TPSA) is 68.9 Å². The van der Waals surface area contributed by atoms with Crippen LogP contribution in [-0.2, 0) is 0 Å². The molecule has 4 rings (SSSR count). The molecule has 2 aromatic carbocycles. The van der Waals surface area contributed by atoms with E-state index < -0.39 is 5.63 Å². The summed E-state index contributed by atoms with van der Waals surface area (Å²) in [5.74, 6) is 1.35. The van der Waals surface area contributed by atoms with Crippen LogP contribution in [0.25, 0.3) is 22.1 Å². The fourth-order valence-corrected chi connectivity index (χ4v) is 2.35. The zero-order chi connectivity index (χ0) is 14.4. The molecule has 0 bridgehead atoms. The number of aromatic hydroxyl groups is 1. The van der Waals surface area contributed by atoms with E-state index in [1.165, 1.54) is 12.1 Å². The summed E-state index contributed by atoms with van der Waals surface area (Å²) in [7, 11) is 0. The fraction of sp³-hybridized carbons (Fsp3) is 0.0625. The van der Waals surface area contributed by atoms with Crippen LogP contribution in [-0.4, -0.2) is 11.9 Å². The molecule has 0 amide bonds. The summed E-state index contributed by atoms with van der Waals surface area (Å²) in [5.41, 5.74) is 1.13. The van der Waals surface area contributed by atoms with Crippen molar-refractivity contribution >= 4 is 11.0 Å². The van der Waals surface area contributed by atoms with Gasteiger partial charge in [0, 0.05) is 11.5 Å². The third-order valence-electron chi connectivity index (χ3n) is 3.41. The van der Waals surface area contributed by atoms with Gasteiger partial charge < -0.3 is 19.0 Å². The van der Waals surface area contributed by atoms with Crippen molar-refractivity contribution in [3.05, 3.63) is 52.9 Å². The summed E-state index contributed by atoms with van der Waals surface area (Å²) in [6.45, 7) is 0.167. The minimum absolute atomic E-state index is 0.146. The molecule has 0 unspecified atom stereocenters. The van der Waals surface area contributed by atoms with Crippen molar-refractivity contribution in [3.63, 3.8) is 0 Å². The average Bonchev–Trinajstić information content (AvgIpc) is 2.92. The highest BCUT2D eigenvalue weighted by Crippen LogP contribution is 2.36. The number of hydrogen-bond acceptors (Lipinski definition) is 5. The highest BCUT2D eigenvalue weighted by Gasteiger charge is 2.16. The molecule has 0 radical (unpaired) electrons. The fourth-order valence-electron chi connectivity index (χ4n) is 2.35. The van der Waals surface area contributed by atoms with Gasteiger partial charge in [-0.25, -0.2) is 4.79 Å². The molecule has 2 heterocycles. The zero-order valence-electron chi connectivity index (χ0n) is 10.8. The molecule has 5 heteroatoms. The molecule has 0 saturated carbocycles. The first-order chi connectivity index (χ1) is 10.2. The standard InChI is InChI=1S/C16H10O5/c17-11-3-1-9(2-4-11)12-5-10-6-14-15(20-8-19-14)7-13(10)21-16(12)18/h1-7,17H,8H2. The largest absolute Gasteiger partial charge is 0.508 e. The van der Waals surface area contributed by atoms with Crippen molar-refractivity contribution in [2.45, 2.75) is 0 Å². The molecule has 0 atom stereocenters. The molecule has 1 N–H and O–H groups in total. The highest BCUT2D eigenvalue weighted by molar-refractivity contribution is 5.85. The van der Waals surface area contributed by atoms with Crippen molar-refractivity contribution in [3.8, 4) is 28.4 Å². The van der Waals surface area contributed by atoms with E-state index >= 15 is 0 Å². The minimum Gasteiger partial charge on any atom is -0.508 e. The van der Waals surface area contributed by atoms with E-state index in [-0.39, 0.29) is 12.5 Å². The van der Waals surface area contributed by atoms with E-state index in [2.05, 4.69) is 0 Å². The van der Waals surface area contributed by atoms with Gasteiger partial charge in [0.2, 0.25) is 6.79 Å². The van der Waals surface area contributed by atoms with E-state index in [0.29, 0.717) is 28.2 Å². The van der Waals surface area contributed by atoms with Crippen molar-refractivity contribution in [1.82, 2.24) is 0 Å². The van der Waals surface area contributed by atoms with Gasteiger partial charge in [0.1, 0.15) is 11.3 Å². The zero-order valence-corrected chi connectivity index (χ0v) is 10.8. The van der Waals surface area contributed by atoms with Gasteiger partial charge in [-0.05, 0) is 29.8 Å². The van der Waals surface area contributed by atoms with Gasteiger partial charge in [-0.3, -0.25) is 0 Å². The molecule has 104 valence electrons. The van der Waals surface area contributed by atoms with Gasteiger partial charge in [-0.1, -0.05) is 12.1 Å². The van der Waals surface area contributed by atoms with Crippen LogP contribution in [0, 0.1) is 0 Å². The Morgan fingerprint density at radius 3 is 2.43 bits per heavy atom. The second-order valence-electron chi connectivity index (χ2n) is 4.74. The van der Waals surface area contributed by atoms with Gasteiger partial charge in [-0.2, -0.15) is 0 Å². The Kier molecular flexibility index (Phi) is 2.41. The molecule has 0 fully saturated rings. The molecular formula is C16H10O5. The predicted octanol–water partition coefficient (Wildman–Crippen LogP) is 2.89. The van der Waals surface area contributed by atoms with Gasteiger partial charge in [-0.15, -0.1) is 0 Å². The summed E-state index contributed by atoms with van der Waals surface area (Å²) in [6.07, 6.45) is 0. The summed E-state index contributed by atoms with van der Waals surface area (Å²) >= 11 is 0. The maximum absolute atomic E-state index is 12.1. The molecule has 1 aliphatic heterocycles. The Morgan fingerprint density at radius 2 is 1.67 bits per heavy atom. The number of fused-ring (bicyclic) bond motifs is 2. The lowest BCUT2D eigenvalue weighted by molar-refractivity contribution is 0.174. The van der Waals surface area contributed by atoms with Crippen LogP contribution in [0.5, 0.6) is 17.2 Å². The maximum atomic E-state index is 12.1. The number of phenols is 1. The van der Waals surface area contributed by atoms with Crippen LogP contribution in [0.2, 0.25) is 0 Å². The Bertz CT molecular complexity index is 893. The van der Waals surface area contributed by atoms with Crippen LogP contribution in [0.3, 0.4) is 0 Å². The SMILES string of the molecule is O=c1oc2cc3c(cc2cc1-c1ccc(O)cc1)OCO3. The van der Waals surface area contributed by atoms with Gasteiger partial charge in [0.05, 0.1) is 5.56 Å². The van der Waals surface area contributed by atoms with Crippen LogP contribution >= 0.6 is 0 Å². The van der Waals surface area contributed by atoms with Crippen LogP contribution in [0.4, 0.5) is 0 Å². The Morgan fingerprint density at radius 1 is 0.952 bits per heavy atom. The van der Waals surface area contributed by atoms with E-state index in [1.54, 1.807) is 30.3 Å². The minimum atomic E-state index is -0.438. The first-order valence-corrected chi connectivity index (χ1v) is 6.37. The van der Waals surface area contributed by atoms with E-state index in [9.17, 15) is 9.90 Å². The van der Waals surface area contributed by atoms with Crippen molar-refractivity contribution in [1.29, 1.82) is 0 Å². The van der Waals surface area contributed by atoms with Crippen LogP contribution in [0.1, 0.15) is 0 Å². The predicted molar refractivity (Wildman–Crippen MR) is 75.7 cm³/mol. The lowest BCUT2D eigenvalue weighted by Crippen LogP contribution is -2.02. The average molecular weight is 282 g/mol. The van der Waals surface area contributed by atoms with E-state index in [1.807, 2.05) is 0 Å². The number of hydrogen-bond donors (Lipinski definition) is 1. The molecule has 1 aliphatic rings. The first-order valence-electron chi connectivity index (χ1n) is 6.37. The summed E-state index contributed by atoms with van der Waals surface area (Å²) in [4.78, 5) is 12.1. The lowest BCUT2D eigenvalue weighted by atomic mass is 10.1. The van der Waals surface area contributed by atoms with Crippen LogP contribution < -0.4 is 15.1 Å². The monoisotopic (exact) mass is 282 g/mol. The molecule has 5 nitrogen and oxygen atoms in total. The number of rotatable bonds is 1. The van der Waals surface area contributed by atoms with E-state index in [4.69, 9.17) is 13.9 Å². The quantitative estimate of drug-likeness (QED) is 0.695. The van der Waals surface area contributed by atoms with Crippen molar-refractivity contribution < 1.29 is 19.0 Å². The van der Waals surface area contributed by atoms with Crippen LogP contribution in [0.15, 0.2) is 51.7 Å². The van der Waals surface area contributed by atoms with Crippen molar-refractivity contribution in [2.24, 2.45) is 0 Å². The van der Waals surface area contributed by atoms with Crippen molar-refractivity contribution in [2.75, 3.05) is 6.79 Å². The Hall–Kier alpha value is -2.95. The highest BCUT2D eigenvalue weighted by atomic mass is 16.7. The number of phenolic OH excluding ortho intramolecular Hbond substituents is 1. The van der Waals surface area contributed by atoms with E-state index in [0.717, 1.165) is 5.39 Å². The molecule has 21 heavy (non-hydrogen) atoms. The number of ether oxygens (including phenoxy) is 2. The molecular weight excluding hydrogens is 272 g/mol. The summed E-state index contributed by atoms with van der Waals surface area (Å²) < 4.78 is 15.9. The number of benzene rings is 2. The third kappa shape index (κ3) is 1.90. The molecule has 3 aromatic rings. The Balaban J connectivity index is 1.94. The first kappa shape index (κ1) is 11.8. The molecule has 0 saturated heterocycles. The third-order valence-corrected chi connectivity index (χ3v) is 3.41. The smallest absolute Gasteiger partial charge is 0.344 e. The summed E-state index contributed by atoms with van der Waals surface area (Å²) in [6, 6.07) is 11.6. The van der Waals surface area contributed by atoms with Gasteiger partial charge in [0.15, 0.2) is 11.5 Å². The second-order valence-corrected chi connectivity index (χ2v) is 4.74. The van der Waals surface area contributed by atoms with Gasteiger partial charge in [0.25, 0.3) is 0 Å². The maximum Gasteiger partial charge on any atom is 0.344 e. The normalized spacial score (nSPS) is 12.8. The molecule has 0 aliphatic carbocycles. The van der Waals surface area contributed by atoms with Gasteiger partial charge >= 0.3 is 5.63 Å². The second kappa shape index (κ2) is 4.28. The molecule has 1 aromatic heterocycles. The Labute approximate surface area is 119 Å². The molecule has 0 spiro atoms. The summed E-state index contributed by atoms with van der Waals surface area (Å²) in [5, 5.41) is 10.1.